The van der Waals surface area contributed by atoms with E-state index in [4.69, 9.17) is 9.72 Å². The third-order valence-electron chi connectivity index (χ3n) is 6.76. The fourth-order valence-corrected chi connectivity index (χ4v) is 5.83. The number of imidazole rings is 1. The largest absolute Gasteiger partial charge is 0.434 e. The minimum atomic E-state index is -3.02. The van der Waals surface area contributed by atoms with Gasteiger partial charge in [-0.1, -0.05) is 12.1 Å². The number of amides is 1. The number of benzene rings is 2. The van der Waals surface area contributed by atoms with Gasteiger partial charge in [-0.25, -0.2) is 15.0 Å². The van der Waals surface area contributed by atoms with Crippen molar-refractivity contribution < 1.29 is 22.9 Å². The van der Waals surface area contributed by atoms with Gasteiger partial charge in [0.05, 0.1) is 23.1 Å². The van der Waals surface area contributed by atoms with Crippen molar-refractivity contribution in [3.63, 3.8) is 0 Å². The lowest BCUT2D eigenvalue weighted by Crippen LogP contribution is -2.30. The molecular weight excluding hydrogens is 501 g/mol. The minimum Gasteiger partial charge on any atom is -0.434 e. The molecule has 1 N–H and O–H groups in total. The number of hydrogen-bond acceptors (Lipinski definition) is 6. The second-order valence-electron chi connectivity index (χ2n) is 9.58. The molecule has 0 saturated carbocycles. The van der Waals surface area contributed by atoms with Gasteiger partial charge >= 0.3 is 6.61 Å². The van der Waals surface area contributed by atoms with Gasteiger partial charge in [0.2, 0.25) is 5.95 Å². The first-order valence-electron chi connectivity index (χ1n) is 11.6. The van der Waals surface area contributed by atoms with Crippen LogP contribution in [0, 0.1) is 0 Å². The van der Waals surface area contributed by atoms with Gasteiger partial charge in [-0.3, -0.25) is 4.79 Å². The van der Waals surface area contributed by atoms with E-state index in [9.17, 15) is 18.1 Å². The lowest BCUT2D eigenvalue weighted by Gasteiger charge is -2.24. The molecule has 9 nitrogen and oxygen atoms in total. The highest BCUT2D eigenvalue weighted by atomic mass is 31.2. The molecule has 12 heteroatoms. The second-order valence-corrected chi connectivity index (χ2v) is 12.5. The Labute approximate surface area is 210 Å². The van der Waals surface area contributed by atoms with Gasteiger partial charge in [0.1, 0.15) is 11.6 Å². The molecule has 0 spiro atoms. The van der Waals surface area contributed by atoms with Crippen LogP contribution in [0.25, 0.3) is 22.2 Å². The second kappa shape index (κ2) is 8.34. The summed E-state index contributed by atoms with van der Waals surface area (Å²) in [6.45, 7) is 0.174. The molecule has 2 aliphatic rings. The smallest absolute Gasteiger partial charge is 0.387 e. The van der Waals surface area contributed by atoms with Gasteiger partial charge < -0.3 is 23.9 Å². The molecule has 1 amide bonds. The highest BCUT2D eigenvalue weighted by Gasteiger charge is 2.45. The molecule has 0 radical (unpaired) electrons. The van der Waals surface area contributed by atoms with E-state index in [1.54, 1.807) is 49.8 Å². The fraction of sp³-hybridized carbons (Fsp3) is 0.280. The zero-order valence-corrected chi connectivity index (χ0v) is 21.1. The quantitative estimate of drug-likeness (QED) is 0.360. The SMILES string of the molecule is CN1C(=O)c2cccc(OC(F)F)c2[C@H]2C[C@@H]1c1nc3ccc(-c4cnc(NP(C)(C)=O)nc4)cc3n12. The monoisotopic (exact) mass is 524 g/mol. The van der Waals surface area contributed by atoms with Crippen LogP contribution in [0.4, 0.5) is 14.7 Å². The van der Waals surface area contributed by atoms with Gasteiger partial charge in [-0.15, -0.1) is 0 Å². The first-order valence-corrected chi connectivity index (χ1v) is 14.2. The first-order chi connectivity index (χ1) is 17.6. The molecular formula is C25H23F2N6O3P. The van der Waals surface area contributed by atoms with E-state index in [0.717, 1.165) is 22.2 Å². The topological polar surface area (TPSA) is 102 Å². The van der Waals surface area contributed by atoms with E-state index in [2.05, 4.69) is 15.1 Å². The van der Waals surface area contributed by atoms with Crippen LogP contribution < -0.4 is 9.82 Å². The van der Waals surface area contributed by atoms with Gasteiger partial charge in [0, 0.05) is 55.9 Å². The average Bonchev–Trinajstić information content (AvgIpc) is 3.36. The summed E-state index contributed by atoms with van der Waals surface area (Å²) >= 11 is 0. The number of hydrogen-bond donors (Lipinski definition) is 1. The van der Waals surface area contributed by atoms with Crippen molar-refractivity contribution in [2.24, 2.45) is 0 Å². The van der Waals surface area contributed by atoms with E-state index in [1.165, 1.54) is 6.07 Å². The Balaban J connectivity index is 1.49. The van der Waals surface area contributed by atoms with Crippen molar-refractivity contribution in [1.29, 1.82) is 0 Å². The number of carbonyl (C=O) groups excluding carboxylic acids is 1. The number of nitrogens with zero attached hydrogens (tertiary/aromatic N) is 5. The van der Waals surface area contributed by atoms with Gasteiger partial charge in [0.25, 0.3) is 5.91 Å². The summed E-state index contributed by atoms with van der Waals surface area (Å²) in [4.78, 5) is 28.3. The number of anilines is 1. The maximum absolute atomic E-state index is 13.3. The molecule has 0 saturated heterocycles. The fourth-order valence-electron chi connectivity index (χ4n) is 5.23. The molecule has 2 atom stereocenters. The molecule has 2 bridgehead atoms. The van der Waals surface area contributed by atoms with Crippen LogP contribution in [-0.2, 0) is 4.57 Å². The number of halogens is 2. The maximum atomic E-state index is 13.3. The Kier molecular flexibility index (Phi) is 5.31. The average molecular weight is 524 g/mol. The van der Waals surface area contributed by atoms with Crippen molar-refractivity contribution in [3.05, 3.63) is 65.7 Å². The van der Waals surface area contributed by atoms with Crippen LogP contribution in [-0.4, -0.2) is 57.3 Å². The summed E-state index contributed by atoms with van der Waals surface area (Å²) in [7, 11) is -0.836. The summed E-state index contributed by atoms with van der Waals surface area (Å²) < 4.78 is 45.5. The highest BCUT2D eigenvalue weighted by molar-refractivity contribution is 7.63. The zero-order valence-electron chi connectivity index (χ0n) is 20.2. The van der Waals surface area contributed by atoms with Crippen molar-refractivity contribution in [2.75, 3.05) is 25.5 Å². The molecule has 0 fully saturated rings. The normalized spacial score (nSPS) is 18.6. The lowest BCUT2D eigenvalue weighted by atomic mass is 9.97. The van der Waals surface area contributed by atoms with E-state index in [-0.39, 0.29) is 23.6 Å². The Bertz CT molecular complexity index is 1600. The highest BCUT2D eigenvalue weighted by Crippen LogP contribution is 2.50. The third-order valence-corrected chi connectivity index (χ3v) is 7.50. The van der Waals surface area contributed by atoms with E-state index in [0.29, 0.717) is 23.4 Å². The van der Waals surface area contributed by atoms with Crippen molar-refractivity contribution in [2.45, 2.75) is 25.1 Å². The molecule has 2 aromatic carbocycles. The summed E-state index contributed by atoms with van der Waals surface area (Å²) in [6, 6.07) is 9.69. The Morgan fingerprint density at radius 1 is 1.11 bits per heavy atom. The van der Waals surface area contributed by atoms with E-state index < -0.39 is 19.9 Å². The summed E-state index contributed by atoms with van der Waals surface area (Å²) in [5.41, 5.74) is 3.89. The summed E-state index contributed by atoms with van der Waals surface area (Å²) in [6.07, 6.45) is 3.79. The Hall–Kier alpha value is -3.85. The summed E-state index contributed by atoms with van der Waals surface area (Å²) in [5, 5.41) is 2.81. The maximum Gasteiger partial charge on any atom is 0.387 e. The van der Waals surface area contributed by atoms with Gasteiger partial charge in [0.15, 0.2) is 7.29 Å². The molecule has 2 aromatic heterocycles. The predicted octanol–water partition coefficient (Wildman–Crippen LogP) is 5.16. The van der Waals surface area contributed by atoms with Crippen molar-refractivity contribution in [1.82, 2.24) is 24.4 Å². The Morgan fingerprint density at radius 3 is 2.57 bits per heavy atom. The zero-order chi connectivity index (χ0) is 26.1. The van der Waals surface area contributed by atoms with Crippen molar-refractivity contribution >= 4 is 30.2 Å². The van der Waals surface area contributed by atoms with Crippen LogP contribution in [0.15, 0.2) is 48.8 Å². The number of rotatable bonds is 5. The molecule has 190 valence electrons. The van der Waals surface area contributed by atoms with Crippen LogP contribution in [0.2, 0.25) is 0 Å². The third kappa shape index (κ3) is 3.94. The molecule has 0 unspecified atom stereocenters. The van der Waals surface area contributed by atoms with E-state index >= 15 is 0 Å². The van der Waals surface area contributed by atoms with Crippen molar-refractivity contribution in [3.8, 4) is 16.9 Å². The summed E-state index contributed by atoms with van der Waals surface area (Å²) in [5.74, 6) is 0.717. The number of nitrogens with one attached hydrogen (secondary N) is 1. The molecule has 4 heterocycles. The van der Waals surface area contributed by atoms with Gasteiger partial charge in [-0.05, 0) is 29.8 Å². The van der Waals surface area contributed by atoms with Crippen LogP contribution in [0.3, 0.4) is 0 Å². The number of ether oxygens (including phenoxy) is 1. The number of alkyl halides is 2. The van der Waals surface area contributed by atoms with Crippen LogP contribution in [0.1, 0.15) is 40.3 Å². The number of aromatic nitrogens is 4. The predicted molar refractivity (Wildman–Crippen MR) is 135 cm³/mol. The van der Waals surface area contributed by atoms with E-state index in [1.807, 2.05) is 22.8 Å². The number of fused-ring (bicyclic) bond motifs is 9. The van der Waals surface area contributed by atoms with Crippen LogP contribution >= 0.6 is 7.29 Å². The standard InChI is InChI=1S/C25H23F2N6O3P/c1-32-19-10-18(21-15(23(32)34)5-4-6-20(21)36-24(26)27)33-17-9-13(7-8-16(17)30-22(19)33)14-11-28-25(29-12-14)31-37(2,3)35/h4-9,11-12,18-19,24H,10H2,1-3H3,(H,28,29,31,35)/t18-,19-/m1/s1. The number of carbonyl (C=O) groups is 1. The molecule has 37 heavy (non-hydrogen) atoms. The lowest BCUT2D eigenvalue weighted by molar-refractivity contribution is -0.0507. The molecule has 2 aliphatic heterocycles. The molecule has 0 aliphatic carbocycles. The first kappa shape index (κ1) is 23.5. The Morgan fingerprint density at radius 2 is 1.86 bits per heavy atom. The molecule has 6 rings (SSSR count). The van der Waals surface area contributed by atoms with Gasteiger partial charge in [-0.2, -0.15) is 8.78 Å². The van der Waals surface area contributed by atoms with Crippen LogP contribution in [0.5, 0.6) is 5.75 Å². The molecule has 4 aromatic rings. The minimum absolute atomic E-state index is 0.00798.